The summed E-state index contributed by atoms with van der Waals surface area (Å²) < 4.78 is 5.34. The first-order valence-electron chi connectivity index (χ1n) is 7.28. The van der Waals surface area contributed by atoms with Crippen molar-refractivity contribution in [2.75, 3.05) is 19.8 Å². The monoisotopic (exact) mass is 278 g/mol. The zero-order valence-electron chi connectivity index (χ0n) is 11.6. The van der Waals surface area contributed by atoms with E-state index >= 15 is 0 Å². The normalized spacial score (nSPS) is 23.0. The Morgan fingerprint density at radius 1 is 1.47 bits per heavy atom. The lowest BCUT2D eigenvalue weighted by atomic mass is 9.97. The second kappa shape index (κ2) is 6.16. The largest absolute Gasteiger partial charge is 0.377 e. The number of aromatic nitrogens is 1. The summed E-state index contributed by atoms with van der Waals surface area (Å²) in [6, 6.07) is 0.537. The Labute approximate surface area is 119 Å². The third kappa shape index (κ3) is 3.25. The molecule has 1 aromatic heterocycles. The van der Waals surface area contributed by atoms with Crippen molar-refractivity contribution in [3.63, 3.8) is 0 Å². The topological polar surface area (TPSA) is 34.2 Å². The molecule has 0 fully saturated rings. The molecule has 0 saturated heterocycles. The van der Waals surface area contributed by atoms with E-state index in [2.05, 4.69) is 23.3 Å². The van der Waals surface area contributed by atoms with E-state index < -0.39 is 0 Å². The molecule has 0 bridgehead atoms. The molecule has 0 saturated carbocycles. The molecular weight excluding hydrogens is 256 g/mol. The van der Waals surface area contributed by atoms with Crippen LogP contribution in [0.3, 0.4) is 0 Å². The van der Waals surface area contributed by atoms with E-state index in [1.54, 1.807) is 5.57 Å². The molecule has 0 amide bonds. The van der Waals surface area contributed by atoms with Gasteiger partial charge in [0.1, 0.15) is 0 Å². The van der Waals surface area contributed by atoms with E-state index in [1.165, 1.54) is 34.8 Å². The van der Waals surface area contributed by atoms with Gasteiger partial charge < -0.3 is 10.1 Å². The summed E-state index contributed by atoms with van der Waals surface area (Å²) in [7, 11) is 0. The number of nitrogens with zero attached hydrogens (tertiary/aromatic N) is 1. The molecule has 3 nitrogen and oxygen atoms in total. The number of hydrogen-bond donors (Lipinski definition) is 1. The van der Waals surface area contributed by atoms with Crippen LogP contribution in [0.25, 0.3) is 0 Å². The van der Waals surface area contributed by atoms with E-state index in [1.807, 2.05) is 11.3 Å². The quantitative estimate of drug-likeness (QED) is 0.859. The van der Waals surface area contributed by atoms with Gasteiger partial charge in [-0.15, -0.1) is 11.3 Å². The zero-order valence-corrected chi connectivity index (χ0v) is 12.4. The van der Waals surface area contributed by atoms with Crippen LogP contribution in [0.1, 0.15) is 47.3 Å². The molecule has 19 heavy (non-hydrogen) atoms. The maximum absolute atomic E-state index is 5.34. The maximum Gasteiger partial charge on any atom is 0.0900 e. The molecule has 104 valence electrons. The molecule has 0 spiro atoms. The molecule has 1 unspecified atom stereocenters. The van der Waals surface area contributed by atoms with E-state index in [4.69, 9.17) is 4.74 Å². The van der Waals surface area contributed by atoms with Gasteiger partial charge >= 0.3 is 0 Å². The second-order valence-electron chi connectivity index (χ2n) is 5.38. The SMILES string of the molecule is Cc1nc2c(s1)C(NCCC1=CCOCC1)CCC2. The molecule has 1 atom stereocenters. The van der Waals surface area contributed by atoms with Crippen molar-refractivity contribution in [1.29, 1.82) is 0 Å². The van der Waals surface area contributed by atoms with Gasteiger partial charge in [-0.2, -0.15) is 0 Å². The third-order valence-corrected chi connectivity index (χ3v) is 5.08. The van der Waals surface area contributed by atoms with Crippen LogP contribution in [-0.2, 0) is 11.2 Å². The van der Waals surface area contributed by atoms with Gasteiger partial charge in [-0.3, -0.25) is 0 Å². The summed E-state index contributed by atoms with van der Waals surface area (Å²) in [5.74, 6) is 0. The van der Waals surface area contributed by atoms with Crippen molar-refractivity contribution in [2.24, 2.45) is 0 Å². The maximum atomic E-state index is 5.34. The van der Waals surface area contributed by atoms with Gasteiger partial charge in [0.2, 0.25) is 0 Å². The Morgan fingerprint density at radius 2 is 2.42 bits per heavy atom. The van der Waals surface area contributed by atoms with E-state index in [0.717, 1.165) is 32.6 Å². The van der Waals surface area contributed by atoms with Crippen molar-refractivity contribution in [3.05, 3.63) is 27.2 Å². The average Bonchev–Trinajstić information content (AvgIpc) is 2.81. The van der Waals surface area contributed by atoms with Gasteiger partial charge in [0.05, 0.1) is 23.9 Å². The molecule has 3 rings (SSSR count). The van der Waals surface area contributed by atoms with Gasteiger partial charge in [0.25, 0.3) is 0 Å². The Bertz CT molecular complexity index is 467. The number of fused-ring (bicyclic) bond motifs is 1. The van der Waals surface area contributed by atoms with E-state index in [0.29, 0.717) is 6.04 Å². The van der Waals surface area contributed by atoms with Gasteiger partial charge in [-0.05, 0) is 45.6 Å². The number of aryl methyl sites for hydroxylation is 2. The molecule has 4 heteroatoms. The lowest BCUT2D eigenvalue weighted by molar-refractivity contribution is 0.153. The fourth-order valence-electron chi connectivity index (χ4n) is 2.94. The van der Waals surface area contributed by atoms with Crippen LogP contribution in [0.15, 0.2) is 11.6 Å². The van der Waals surface area contributed by atoms with Crippen LogP contribution >= 0.6 is 11.3 Å². The molecule has 1 aromatic rings. The van der Waals surface area contributed by atoms with Crippen molar-refractivity contribution in [2.45, 2.75) is 45.1 Å². The Kier molecular flexibility index (Phi) is 4.31. The molecular formula is C15H22N2OS. The summed E-state index contributed by atoms with van der Waals surface area (Å²) in [5.41, 5.74) is 2.90. The Balaban J connectivity index is 1.54. The van der Waals surface area contributed by atoms with Crippen LogP contribution in [-0.4, -0.2) is 24.7 Å². The fourth-order valence-corrected chi connectivity index (χ4v) is 4.02. The average molecular weight is 278 g/mol. The summed E-state index contributed by atoms with van der Waals surface area (Å²) in [5, 5.41) is 4.94. The number of ether oxygens (including phenoxy) is 1. The number of rotatable bonds is 4. The summed E-state index contributed by atoms with van der Waals surface area (Å²) >= 11 is 1.88. The molecule has 1 aliphatic carbocycles. The van der Waals surface area contributed by atoms with Crippen LogP contribution < -0.4 is 5.32 Å². The highest BCUT2D eigenvalue weighted by Crippen LogP contribution is 2.33. The fraction of sp³-hybridized carbons (Fsp3) is 0.667. The zero-order chi connectivity index (χ0) is 13.1. The second-order valence-corrected chi connectivity index (χ2v) is 6.61. The van der Waals surface area contributed by atoms with Crippen LogP contribution in [0.5, 0.6) is 0 Å². The van der Waals surface area contributed by atoms with Crippen LogP contribution in [0.2, 0.25) is 0 Å². The van der Waals surface area contributed by atoms with Gasteiger partial charge in [0.15, 0.2) is 0 Å². The molecule has 1 N–H and O–H groups in total. The van der Waals surface area contributed by atoms with Gasteiger partial charge in [-0.25, -0.2) is 4.98 Å². The predicted octanol–water partition coefficient (Wildman–Crippen LogP) is 3.16. The predicted molar refractivity (Wildman–Crippen MR) is 78.7 cm³/mol. The molecule has 2 heterocycles. The highest BCUT2D eigenvalue weighted by atomic mass is 32.1. The lowest BCUT2D eigenvalue weighted by Gasteiger charge is -2.23. The number of thiazole rings is 1. The highest BCUT2D eigenvalue weighted by Gasteiger charge is 2.23. The van der Waals surface area contributed by atoms with E-state index in [-0.39, 0.29) is 0 Å². The summed E-state index contributed by atoms with van der Waals surface area (Å²) in [6.07, 6.45) is 8.21. The molecule has 1 aliphatic heterocycles. The number of hydrogen-bond acceptors (Lipinski definition) is 4. The highest BCUT2D eigenvalue weighted by molar-refractivity contribution is 7.11. The van der Waals surface area contributed by atoms with Crippen LogP contribution in [0.4, 0.5) is 0 Å². The standard InChI is InChI=1S/C15H22N2OS/c1-11-17-14-4-2-3-13(15(14)19-11)16-8-5-12-6-9-18-10-7-12/h6,13,16H,2-5,7-10H2,1H3. The van der Waals surface area contributed by atoms with Crippen LogP contribution in [0, 0.1) is 6.92 Å². The minimum Gasteiger partial charge on any atom is -0.377 e. The lowest BCUT2D eigenvalue weighted by Crippen LogP contribution is -2.25. The molecule has 0 aromatic carbocycles. The Hall–Kier alpha value is -0.710. The minimum atomic E-state index is 0.537. The third-order valence-electron chi connectivity index (χ3n) is 3.95. The molecule has 0 radical (unpaired) electrons. The summed E-state index contributed by atoms with van der Waals surface area (Å²) in [4.78, 5) is 6.14. The number of nitrogens with one attached hydrogen (secondary N) is 1. The Morgan fingerprint density at radius 3 is 3.26 bits per heavy atom. The minimum absolute atomic E-state index is 0.537. The van der Waals surface area contributed by atoms with Gasteiger partial charge in [0, 0.05) is 10.9 Å². The smallest absolute Gasteiger partial charge is 0.0900 e. The van der Waals surface area contributed by atoms with E-state index in [9.17, 15) is 0 Å². The van der Waals surface area contributed by atoms with Crippen molar-refractivity contribution in [1.82, 2.24) is 10.3 Å². The van der Waals surface area contributed by atoms with Gasteiger partial charge in [-0.1, -0.05) is 11.6 Å². The summed E-state index contributed by atoms with van der Waals surface area (Å²) in [6.45, 7) is 4.89. The van der Waals surface area contributed by atoms with Crippen molar-refractivity contribution >= 4 is 11.3 Å². The van der Waals surface area contributed by atoms with Crippen molar-refractivity contribution < 1.29 is 4.74 Å². The van der Waals surface area contributed by atoms with Crippen molar-refractivity contribution in [3.8, 4) is 0 Å². The first-order chi connectivity index (χ1) is 9.33. The first-order valence-corrected chi connectivity index (χ1v) is 8.10. The molecule has 2 aliphatic rings. The first kappa shape index (κ1) is 13.3.